The summed E-state index contributed by atoms with van der Waals surface area (Å²) in [6, 6.07) is 10.6. The smallest absolute Gasteiger partial charge is 0.272 e. The Hall–Kier alpha value is -3.15. The highest BCUT2D eigenvalue weighted by molar-refractivity contribution is 7.89. The lowest BCUT2D eigenvalue weighted by Gasteiger charge is -2.42. The van der Waals surface area contributed by atoms with Gasteiger partial charge in [0.1, 0.15) is 28.1 Å². The number of nitrogens with one attached hydrogen (secondary N) is 2. The van der Waals surface area contributed by atoms with Gasteiger partial charge in [-0.15, -0.1) is 0 Å². The first-order valence-corrected chi connectivity index (χ1v) is 13.1. The molecule has 2 aliphatic heterocycles. The van der Waals surface area contributed by atoms with E-state index in [4.69, 9.17) is 4.74 Å². The highest BCUT2D eigenvalue weighted by Crippen LogP contribution is 2.39. The minimum Gasteiger partial charge on any atom is -0.376 e. The van der Waals surface area contributed by atoms with Crippen molar-refractivity contribution in [2.24, 2.45) is 0 Å². The van der Waals surface area contributed by atoms with Crippen LogP contribution in [0.4, 0.5) is 8.78 Å². The van der Waals surface area contributed by atoms with Gasteiger partial charge >= 0.3 is 0 Å². The van der Waals surface area contributed by atoms with Crippen molar-refractivity contribution >= 4 is 15.9 Å². The first-order chi connectivity index (χ1) is 17.2. The van der Waals surface area contributed by atoms with E-state index in [0.29, 0.717) is 18.4 Å². The number of aromatic nitrogens is 2. The van der Waals surface area contributed by atoms with E-state index >= 15 is 8.78 Å². The second-order valence-electron chi connectivity index (χ2n) is 9.32. The molecule has 2 N–H and O–H groups in total. The molecule has 36 heavy (non-hydrogen) atoms. The Morgan fingerprint density at radius 2 is 1.94 bits per heavy atom. The number of halogens is 2. The standard InChI is InChI=1S/C25H26F2N4O4S/c1-16-7-8-23(17-5-3-2-4-6-17)36(33,34)31(16)12-18-9-21(27)19(10-20(18)26)25(13-35-14-25)30-24(32)22-11-28-15-29-22/h2-6,9-11,15-16,23H,7-8,12-14H2,1H3,(H,28,29)(H,30,32)/t16-,23+/m1/s1. The van der Waals surface area contributed by atoms with Gasteiger partial charge in [0.2, 0.25) is 10.0 Å². The third-order valence-electron chi connectivity index (χ3n) is 6.95. The molecule has 2 atom stereocenters. The molecule has 2 aromatic carbocycles. The number of sulfonamides is 1. The van der Waals surface area contributed by atoms with Crippen molar-refractivity contribution in [1.29, 1.82) is 0 Å². The van der Waals surface area contributed by atoms with Crippen molar-refractivity contribution in [3.8, 4) is 0 Å². The zero-order valence-electron chi connectivity index (χ0n) is 19.6. The van der Waals surface area contributed by atoms with Crippen LogP contribution < -0.4 is 5.32 Å². The fraction of sp³-hybridized carbons (Fsp3) is 0.360. The summed E-state index contributed by atoms with van der Waals surface area (Å²) in [6.45, 7) is 1.41. The van der Waals surface area contributed by atoms with Crippen LogP contribution in [0.25, 0.3) is 0 Å². The molecule has 190 valence electrons. The lowest BCUT2D eigenvalue weighted by molar-refractivity contribution is -0.0751. The molecule has 2 saturated heterocycles. The van der Waals surface area contributed by atoms with Crippen LogP contribution in [0.2, 0.25) is 0 Å². The topological polar surface area (TPSA) is 104 Å². The summed E-state index contributed by atoms with van der Waals surface area (Å²) in [4.78, 5) is 19.1. The molecule has 0 aliphatic carbocycles. The molecule has 0 spiro atoms. The number of benzene rings is 2. The van der Waals surface area contributed by atoms with E-state index in [1.807, 2.05) is 6.07 Å². The summed E-state index contributed by atoms with van der Waals surface area (Å²) in [5.74, 6) is -2.06. The van der Waals surface area contributed by atoms with Crippen LogP contribution in [0.3, 0.4) is 0 Å². The predicted octanol–water partition coefficient (Wildman–Crippen LogP) is 3.40. The molecule has 3 heterocycles. The Morgan fingerprint density at radius 3 is 2.58 bits per heavy atom. The van der Waals surface area contributed by atoms with Crippen molar-refractivity contribution in [2.45, 2.75) is 43.1 Å². The van der Waals surface area contributed by atoms with Crippen LogP contribution in [-0.2, 0) is 26.8 Å². The van der Waals surface area contributed by atoms with Crippen molar-refractivity contribution in [3.63, 3.8) is 0 Å². The van der Waals surface area contributed by atoms with Gasteiger partial charge in [-0.1, -0.05) is 30.3 Å². The van der Waals surface area contributed by atoms with Gasteiger partial charge in [-0.25, -0.2) is 22.2 Å². The first-order valence-electron chi connectivity index (χ1n) is 11.6. The fourth-order valence-corrected chi connectivity index (χ4v) is 7.05. The van der Waals surface area contributed by atoms with Crippen LogP contribution in [0.15, 0.2) is 55.0 Å². The Kier molecular flexibility index (Phi) is 6.39. The molecule has 11 heteroatoms. The van der Waals surface area contributed by atoms with Gasteiger partial charge in [-0.05, 0) is 37.5 Å². The summed E-state index contributed by atoms with van der Waals surface area (Å²) >= 11 is 0. The van der Waals surface area contributed by atoms with Gasteiger partial charge in [-0.3, -0.25) is 4.79 Å². The van der Waals surface area contributed by atoms with E-state index in [-0.39, 0.29) is 42.6 Å². The summed E-state index contributed by atoms with van der Waals surface area (Å²) in [5.41, 5.74) is -0.598. The Morgan fingerprint density at radius 1 is 1.19 bits per heavy atom. The number of nitrogens with zero attached hydrogens (tertiary/aromatic N) is 2. The molecule has 0 radical (unpaired) electrons. The zero-order chi connectivity index (χ0) is 25.5. The van der Waals surface area contributed by atoms with Crippen LogP contribution in [0, 0.1) is 11.6 Å². The van der Waals surface area contributed by atoms with E-state index in [2.05, 4.69) is 15.3 Å². The van der Waals surface area contributed by atoms with Crippen LogP contribution >= 0.6 is 0 Å². The van der Waals surface area contributed by atoms with E-state index in [1.165, 1.54) is 16.8 Å². The van der Waals surface area contributed by atoms with Crippen LogP contribution in [0.1, 0.15) is 52.2 Å². The summed E-state index contributed by atoms with van der Waals surface area (Å²) in [5, 5.41) is 1.96. The lowest BCUT2D eigenvalue weighted by atomic mass is 9.86. The molecule has 2 fully saturated rings. The number of rotatable bonds is 6. The molecule has 3 aromatic rings. The zero-order valence-corrected chi connectivity index (χ0v) is 20.4. The van der Waals surface area contributed by atoms with E-state index in [9.17, 15) is 13.2 Å². The minimum absolute atomic E-state index is 0.0326. The maximum atomic E-state index is 15.4. The average molecular weight is 517 g/mol. The van der Waals surface area contributed by atoms with E-state index in [1.54, 1.807) is 31.2 Å². The number of amides is 1. The van der Waals surface area contributed by atoms with Crippen molar-refractivity contribution in [1.82, 2.24) is 19.6 Å². The third-order valence-corrected chi connectivity index (χ3v) is 9.32. The van der Waals surface area contributed by atoms with E-state index in [0.717, 1.165) is 12.1 Å². The number of H-pyrrole nitrogens is 1. The number of imidazole rings is 1. The summed E-state index contributed by atoms with van der Waals surface area (Å²) < 4.78 is 64.1. The summed E-state index contributed by atoms with van der Waals surface area (Å²) in [7, 11) is -3.81. The number of carbonyl (C=O) groups excluding carboxylic acids is 1. The first kappa shape index (κ1) is 24.5. The molecule has 8 nitrogen and oxygen atoms in total. The van der Waals surface area contributed by atoms with E-state index < -0.39 is 38.4 Å². The number of ether oxygens (including phenoxy) is 1. The minimum atomic E-state index is -3.81. The van der Waals surface area contributed by atoms with Crippen molar-refractivity contribution in [3.05, 3.63) is 89.0 Å². The molecule has 0 bridgehead atoms. The molecule has 0 saturated carbocycles. The normalized spacial score (nSPS) is 23.1. The third kappa shape index (κ3) is 4.31. The summed E-state index contributed by atoms with van der Waals surface area (Å²) in [6.07, 6.45) is 3.79. The second-order valence-corrected chi connectivity index (χ2v) is 11.4. The SMILES string of the molecule is C[C@@H]1CC[C@@H](c2ccccc2)S(=O)(=O)N1Cc1cc(F)c(C2(NC(=O)c3c[nH]cn3)COC2)cc1F. The number of hydrogen-bond donors (Lipinski definition) is 2. The van der Waals surface area contributed by atoms with Crippen molar-refractivity contribution < 1.29 is 26.7 Å². The maximum absolute atomic E-state index is 15.4. The largest absolute Gasteiger partial charge is 0.376 e. The monoisotopic (exact) mass is 516 g/mol. The number of hydrogen-bond acceptors (Lipinski definition) is 5. The highest BCUT2D eigenvalue weighted by Gasteiger charge is 2.45. The van der Waals surface area contributed by atoms with Gasteiger partial charge in [0, 0.05) is 29.9 Å². The molecular formula is C25H26F2N4O4S. The van der Waals surface area contributed by atoms with Crippen LogP contribution in [-0.4, -0.2) is 47.9 Å². The fourth-order valence-electron chi connectivity index (χ4n) is 4.86. The highest BCUT2D eigenvalue weighted by atomic mass is 32.2. The van der Waals surface area contributed by atoms with Gasteiger partial charge < -0.3 is 15.0 Å². The van der Waals surface area contributed by atoms with Gasteiger partial charge in [0.15, 0.2) is 0 Å². The van der Waals surface area contributed by atoms with Gasteiger partial charge in [0.05, 0.1) is 19.5 Å². The lowest BCUT2D eigenvalue weighted by Crippen LogP contribution is -2.60. The predicted molar refractivity (Wildman–Crippen MR) is 127 cm³/mol. The molecular weight excluding hydrogens is 490 g/mol. The molecule has 1 aromatic heterocycles. The Labute approximate surface area is 207 Å². The van der Waals surface area contributed by atoms with Crippen LogP contribution in [0.5, 0.6) is 0 Å². The average Bonchev–Trinajstić information content (AvgIpc) is 3.37. The quantitative estimate of drug-likeness (QED) is 0.523. The Bertz CT molecular complexity index is 1360. The molecule has 2 aliphatic rings. The van der Waals surface area contributed by atoms with Gasteiger partial charge in [0.25, 0.3) is 5.91 Å². The molecule has 0 unspecified atom stereocenters. The maximum Gasteiger partial charge on any atom is 0.272 e. The molecule has 5 rings (SSSR count). The van der Waals surface area contributed by atoms with Crippen molar-refractivity contribution in [2.75, 3.05) is 13.2 Å². The number of carbonyl (C=O) groups is 1. The van der Waals surface area contributed by atoms with Gasteiger partial charge in [-0.2, -0.15) is 4.31 Å². The number of aromatic amines is 1. The Balaban J connectivity index is 1.42. The molecule has 1 amide bonds. The second kappa shape index (κ2) is 9.38.